The van der Waals surface area contributed by atoms with Crippen LogP contribution in [0.4, 0.5) is 8.78 Å². The summed E-state index contributed by atoms with van der Waals surface area (Å²) in [5.41, 5.74) is -6.20. The number of nitrogens with zero attached hydrogens (tertiary/aromatic N) is 1. The molecule has 0 amide bonds. The molecular formula is C28H33F2NO6. The van der Waals surface area contributed by atoms with Crippen molar-refractivity contribution in [2.45, 2.75) is 69.6 Å². The SMILES string of the molecule is CC(c1ccco1)N1C[C@@H]2C[C@H]3[C@@H]4C[C@H](F)C5=CC(=O)C=C[C@]5(C)[C@@]4(F)[C@@H](O)C[C@]3(C)[C@]2(C(=O)CO)O1. The van der Waals surface area contributed by atoms with Gasteiger partial charge in [-0.1, -0.05) is 13.0 Å². The first-order chi connectivity index (χ1) is 17.4. The minimum atomic E-state index is -2.23. The van der Waals surface area contributed by atoms with Crippen LogP contribution in [0, 0.1) is 28.6 Å². The van der Waals surface area contributed by atoms with Gasteiger partial charge in [0.25, 0.3) is 0 Å². The van der Waals surface area contributed by atoms with Gasteiger partial charge in [-0.25, -0.2) is 8.78 Å². The molecule has 0 bridgehead atoms. The van der Waals surface area contributed by atoms with Gasteiger partial charge in [-0.15, -0.1) is 0 Å². The number of hydrogen-bond donors (Lipinski definition) is 2. The number of halogens is 2. The molecule has 1 saturated heterocycles. The van der Waals surface area contributed by atoms with Crippen LogP contribution in [0.2, 0.25) is 0 Å². The van der Waals surface area contributed by atoms with Crippen molar-refractivity contribution in [3.63, 3.8) is 0 Å². The van der Waals surface area contributed by atoms with E-state index in [4.69, 9.17) is 9.25 Å². The van der Waals surface area contributed by atoms with Gasteiger partial charge in [-0.05, 0) is 68.9 Å². The summed E-state index contributed by atoms with van der Waals surface area (Å²) in [6.45, 7) is 4.85. The zero-order chi connectivity index (χ0) is 26.5. The molecule has 0 spiro atoms. The maximum atomic E-state index is 17.4. The predicted octanol–water partition coefficient (Wildman–Crippen LogP) is 3.43. The van der Waals surface area contributed by atoms with E-state index < -0.39 is 64.4 Å². The van der Waals surface area contributed by atoms with Crippen LogP contribution in [0.1, 0.15) is 51.8 Å². The van der Waals surface area contributed by atoms with Crippen LogP contribution < -0.4 is 0 Å². The molecule has 1 aromatic rings. The fourth-order valence-electron chi connectivity index (χ4n) is 8.80. The minimum Gasteiger partial charge on any atom is -0.468 e. The van der Waals surface area contributed by atoms with Crippen molar-refractivity contribution < 1.29 is 37.8 Å². The van der Waals surface area contributed by atoms with Crippen LogP contribution in [0.3, 0.4) is 0 Å². The standard InChI is InChI=1S/C28H33F2NO6/c1-15(22-5-4-8-36-22)31-13-16-9-18-19-11-21(29)20-10-17(33)6-7-25(20,2)27(19,30)23(34)12-26(18,3)28(16,37-31)24(35)14-32/h4-8,10,15-16,18-19,21,23,32,34H,9,11-14H2,1-3H3/t15?,16-,18-,19-,21-,23-,25-,26-,27-,28-/m0/s1. The van der Waals surface area contributed by atoms with Crippen molar-refractivity contribution in [2.24, 2.45) is 28.6 Å². The molecule has 9 heteroatoms. The number of hydrogen-bond acceptors (Lipinski definition) is 7. The lowest BCUT2D eigenvalue weighted by atomic mass is 9.44. The first-order valence-electron chi connectivity index (χ1n) is 13.0. The smallest absolute Gasteiger partial charge is 0.192 e. The molecule has 0 radical (unpaired) electrons. The molecule has 1 aliphatic heterocycles. The monoisotopic (exact) mass is 517 g/mol. The van der Waals surface area contributed by atoms with Crippen molar-refractivity contribution in [3.05, 3.63) is 48.0 Å². The van der Waals surface area contributed by atoms with Crippen molar-refractivity contribution in [2.75, 3.05) is 13.2 Å². The van der Waals surface area contributed by atoms with Gasteiger partial charge in [0.05, 0.1) is 18.4 Å². The van der Waals surface area contributed by atoms with E-state index in [2.05, 4.69) is 0 Å². The second-order valence-corrected chi connectivity index (χ2v) is 12.0. The van der Waals surface area contributed by atoms with E-state index in [-0.39, 0.29) is 30.4 Å². The lowest BCUT2D eigenvalue weighted by Crippen LogP contribution is -2.70. The van der Waals surface area contributed by atoms with Crippen LogP contribution in [0.25, 0.3) is 0 Å². The summed E-state index contributed by atoms with van der Waals surface area (Å²) in [5, 5.41) is 23.3. The number of aliphatic hydroxyl groups is 2. The summed E-state index contributed by atoms with van der Waals surface area (Å²) in [7, 11) is 0. The van der Waals surface area contributed by atoms with E-state index >= 15 is 8.78 Å². The fraction of sp³-hybridized carbons (Fsp3) is 0.643. The highest BCUT2D eigenvalue weighted by molar-refractivity contribution is 6.01. The van der Waals surface area contributed by atoms with Gasteiger partial charge in [-0.3, -0.25) is 14.4 Å². The molecule has 6 rings (SSSR count). The molecule has 4 fully saturated rings. The maximum absolute atomic E-state index is 17.4. The molecule has 200 valence electrons. The predicted molar refractivity (Wildman–Crippen MR) is 127 cm³/mol. The van der Waals surface area contributed by atoms with Gasteiger partial charge in [0.1, 0.15) is 18.5 Å². The number of Topliss-reactive ketones (excluding diaryl/α,β-unsaturated/α-hetero) is 1. The largest absolute Gasteiger partial charge is 0.468 e. The van der Waals surface area contributed by atoms with Crippen LogP contribution in [0.5, 0.6) is 0 Å². The van der Waals surface area contributed by atoms with Crippen molar-refractivity contribution in [3.8, 4) is 0 Å². The van der Waals surface area contributed by atoms with Gasteiger partial charge in [0.2, 0.25) is 0 Å². The summed E-state index contributed by atoms with van der Waals surface area (Å²) < 4.78 is 38.6. The van der Waals surface area contributed by atoms with Gasteiger partial charge in [-0.2, -0.15) is 5.06 Å². The molecule has 1 unspecified atom stereocenters. The second kappa shape index (κ2) is 7.91. The van der Waals surface area contributed by atoms with E-state index in [0.717, 1.165) is 0 Å². The Kier molecular flexibility index (Phi) is 5.37. The number of rotatable bonds is 4. The van der Waals surface area contributed by atoms with Crippen LogP contribution in [-0.4, -0.2) is 63.5 Å². The van der Waals surface area contributed by atoms with Gasteiger partial charge >= 0.3 is 0 Å². The first-order valence-corrected chi connectivity index (χ1v) is 13.0. The van der Waals surface area contributed by atoms with Crippen LogP contribution in [-0.2, 0) is 14.4 Å². The maximum Gasteiger partial charge on any atom is 0.192 e. The van der Waals surface area contributed by atoms with Crippen LogP contribution >= 0.6 is 0 Å². The third-order valence-corrected chi connectivity index (χ3v) is 10.6. The number of furan rings is 1. The molecule has 0 aromatic carbocycles. The second-order valence-electron chi connectivity index (χ2n) is 12.0. The topological polar surface area (TPSA) is 100 Å². The number of ketones is 2. The normalized spacial score (nSPS) is 47.6. The van der Waals surface area contributed by atoms with E-state index in [1.807, 2.05) is 19.9 Å². The van der Waals surface area contributed by atoms with E-state index in [1.165, 1.54) is 18.2 Å². The zero-order valence-corrected chi connectivity index (χ0v) is 21.2. The Morgan fingerprint density at radius 3 is 2.73 bits per heavy atom. The quantitative estimate of drug-likeness (QED) is 0.631. The Balaban J connectivity index is 1.43. The summed E-state index contributed by atoms with van der Waals surface area (Å²) >= 11 is 0. The Bertz CT molecular complexity index is 1200. The van der Waals surface area contributed by atoms with Crippen molar-refractivity contribution in [1.29, 1.82) is 0 Å². The van der Waals surface area contributed by atoms with E-state index in [0.29, 0.717) is 18.7 Å². The molecular weight excluding hydrogens is 484 g/mol. The summed E-state index contributed by atoms with van der Waals surface area (Å²) in [6, 6.07) is 3.26. The molecule has 37 heavy (non-hydrogen) atoms. The summed E-state index contributed by atoms with van der Waals surface area (Å²) in [5.74, 6) is -2.04. The molecule has 2 N–H and O–H groups in total. The number of alkyl halides is 2. The Labute approximate surface area is 214 Å². The van der Waals surface area contributed by atoms with Crippen molar-refractivity contribution >= 4 is 11.6 Å². The molecule has 4 aliphatic carbocycles. The molecule has 3 saturated carbocycles. The lowest BCUT2D eigenvalue weighted by Gasteiger charge is -2.63. The third kappa shape index (κ3) is 2.89. The first kappa shape index (κ1) is 25.1. The minimum absolute atomic E-state index is 0.0652. The van der Waals surface area contributed by atoms with Gasteiger partial charge < -0.3 is 14.6 Å². The number of fused-ring (bicyclic) bond motifs is 7. The Morgan fingerprint density at radius 2 is 2.05 bits per heavy atom. The third-order valence-electron chi connectivity index (χ3n) is 10.6. The van der Waals surface area contributed by atoms with Gasteiger partial charge in [0, 0.05) is 29.2 Å². The molecule has 5 aliphatic rings. The van der Waals surface area contributed by atoms with Crippen LogP contribution in [0.15, 0.2) is 46.6 Å². The average Bonchev–Trinajstić information content (AvgIpc) is 3.58. The highest BCUT2D eigenvalue weighted by atomic mass is 19.1. The lowest BCUT2D eigenvalue weighted by molar-refractivity contribution is -0.276. The zero-order valence-electron chi connectivity index (χ0n) is 21.2. The Morgan fingerprint density at radius 1 is 1.30 bits per heavy atom. The highest BCUT2D eigenvalue weighted by Gasteiger charge is 2.79. The number of carbonyl (C=O) groups excluding carboxylic acids is 2. The van der Waals surface area contributed by atoms with E-state index in [9.17, 15) is 19.8 Å². The summed E-state index contributed by atoms with van der Waals surface area (Å²) in [4.78, 5) is 32.1. The van der Waals surface area contributed by atoms with Crippen molar-refractivity contribution in [1.82, 2.24) is 5.06 Å². The molecule has 10 atom stereocenters. The Hall–Kier alpha value is -2.20. The average molecular weight is 518 g/mol. The molecule has 7 nitrogen and oxygen atoms in total. The molecule has 2 heterocycles. The van der Waals surface area contributed by atoms with Gasteiger partial charge in [0.15, 0.2) is 22.8 Å². The van der Waals surface area contributed by atoms with E-state index in [1.54, 1.807) is 24.3 Å². The summed E-state index contributed by atoms with van der Waals surface area (Å²) in [6.07, 6.45) is 2.37. The highest BCUT2D eigenvalue weighted by Crippen LogP contribution is 2.73. The fourth-order valence-corrected chi connectivity index (χ4v) is 8.80. The number of carbonyl (C=O) groups is 2. The number of aliphatic hydroxyl groups excluding tert-OH is 2. The number of allylic oxidation sites excluding steroid dienone is 4. The molecule has 1 aromatic heterocycles. The number of hydroxylamine groups is 2.